The fourth-order valence-electron chi connectivity index (χ4n) is 7.86. The van der Waals surface area contributed by atoms with Gasteiger partial charge in [0.1, 0.15) is 0 Å². The summed E-state index contributed by atoms with van der Waals surface area (Å²) in [6.45, 7) is 4.73. The van der Waals surface area contributed by atoms with E-state index in [1.807, 2.05) is 0 Å². The van der Waals surface area contributed by atoms with E-state index in [2.05, 4.69) is 159 Å². The fraction of sp³-hybridized carbons (Fsp3) is 0.0698. The molecule has 43 heavy (non-hydrogen) atoms. The molecule has 0 heteroatoms. The Morgan fingerprint density at radius 1 is 0.372 bits per heavy atom. The Morgan fingerprint density at radius 3 is 1.65 bits per heavy atom. The van der Waals surface area contributed by atoms with Crippen LogP contribution in [0.1, 0.15) is 25.0 Å². The van der Waals surface area contributed by atoms with Gasteiger partial charge in [-0.3, -0.25) is 0 Å². The lowest BCUT2D eigenvalue weighted by Gasteiger charge is -2.23. The summed E-state index contributed by atoms with van der Waals surface area (Å²) in [5, 5.41) is 10.3. The third-order valence-electron chi connectivity index (χ3n) is 9.84. The van der Waals surface area contributed by atoms with Gasteiger partial charge in [0.2, 0.25) is 0 Å². The normalized spacial score (nSPS) is 13.5. The van der Waals surface area contributed by atoms with Crippen molar-refractivity contribution < 1.29 is 0 Å². The van der Waals surface area contributed by atoms with Crippen molar-refractivity contribution in [2.24, 2.45) is 0 Å². The van der Waals surface area contributed by atoms with Crippen LogP contribution in [0.3, 0.4) is 0 Å². The summed E-state index contributed by atoms with van der Waals surface area (Å²) in [5.74, 6) is 0. The number of rotatable bonds is 2. The zero-order chi connectivity index (χ0) is 28.7. The molecule has 0 saturated carbocycles. The summed E-state index contributed by atoms with van der Waals surface area (Å²) >= 11 is 0. The van der Waals surface area contributed by atoms with Crippen LogP contribution in [0, 0.1) is 0 Å². The Morgan fingerprint density at radius 2 is 0.907 bits per heavy atom. The maximum Gasteiger partial charge on any atom is 0.0159 e. The van der Waals surface area contributed by atoms with Gasteiger partial charge in [0.25, 0.3) is 0 Å². The van der Waals surface area contributed by atoms with Crippen molar-refractivity contribution in [2.45, 2.75) is 19.3 Å². The van der Waals surface area contributed by atoms with E-state index in [1.54, 1.807) is 0 Å². The maximum absolute atomic E-state index is 2.47. The Balaban J connectivity index is 1.39. The van der Waals surface area contributed by atoms with Gasteiger partial charge in [-0.25, -0.2) is 0 Å². The van der Waals surface area contributed by atoms with Crippen molar-refractivity contribution in [3.63, 3.8) is 0 Å². The van der Waals surface area contributed by atoms with Crippen molar-refractivity contribution in [3.8, 4) is 33.4 Å². The predicted octanol–water partition coefficient (Wildman–Crippen LogP) is 11.9. The molecule has 0 atom stereocenters. The van der Waals surface area contributed by atoms with Crippen molar-refractivity contribution in [3.05, 3.63) is 157 Å². The van der Waals surface area contributed by atoms with E-state index in [0.29, 0.717) is 0 Å². The molecule has 0 nitrogen and oxygen atoms in total. The molecule has 0 radical (unpaired) electrons. The van der Waals surface area contributed by atoms with Crippen molar-refractivity contribution in [1.82, 2.24) is 0 Å². The molecule has 0 spiro atoms. The molecule has 8 aromatic rings. The molecule has 0 N–H and O–H groups in total. The number of benzene rings is 8. The lowest BCUT2D eigenvalue weighted by Crippen LogP contribution is -2.14. The summed E-state index contributed by atoms with van der Waals surface area (Å²) in [4.78, 5) is 0. The van der Waals surface area contributed by atoms with Crippen LogP contribution < -0.4 is 0 Å². The van der Waals surface area contributed by atoms with Crippen LogP contribution in [0.5, 0.6) is 0 Å². The molecule has 8 aromatic carbocycles. The van der Waals surface area contributed by atoms with Crippen molar-refractivity contribution in [2.75, 3.05) is 0 Å². The van der Waals surface area contributed by atoms with Crippen LogP contribution >= 0.6 is 0 Å². The minimum absolute atomic E-state index is 0.0442. The molecular formula is C43H30. The second kappa shape index (κ2) is 8.90. The maximum atomic E-state index is 2.47. The van der Waals surface area contributed by atoms with Crippen LogP contribution in [0.15, 0.2) is 146 Å². The van der Waals surface area contributed by atoms with Gasteiger partial charge in [0.05, 0.1) is 0 Å². The summed E-state index contributed by atoms with van der Waals surface area (Å²) in [7, 11) is 0. The first-order valence-electron chi connectivity index (χ1n) is 15.2. The van der Waals surface area contributed by atoms with E-state index in [4.69, 9.17) is 0 Å². The van der Waals surface area contributed by atoms with Gasteiger partial charge in [0, 0.05) is 5.41 Å². The topological polar surface area (TPSA) is 0 Å². The predicted molar refractivity (Wildman–Crippen MR) is 185 cm³/mol. The Hall–Kier alpha value is -5.20. The minimum Gasteiger partial charge on any atom is -0.0619 e. The highest BCUT2D eigenvalue weighted by Crippen LogP contribution is 2.51. The molecule has 0 aliphatic heterocycles. The lowest BCUT2D eigenvalue weighted by molar-refractivity contribution is 0.660. The Bertz CT molecular complexity index is 2360. The molecule has 0 heterocycles. The highest BCUT2D eigenvalue weighted by molar-refractivity contribution is 6.26. The molecule has 0 bridgehead atoms. The second-order valence-electron chi connectivity index (χ2n) is 12.5. The average Bonchev–Trinajstić information content (AvgIpc) is 3.29. The van der Waals surface area contributed by atoms with E-state index in [1.165, 1.54) is 87.6 Å². The van der Waals surface area contributed by atoms with Crippen molar-refractivity contribution in [1.29, 1.82) is 0 Å². The largest absolute Gasteiger partial charge is 0.0619 e. The number of hydrogen-bond donors (Lipinski definition) is 0. The van der Waals surface area contributed by atoms with Gasteiger partial charge in [-0.1, -0.05) is 153 Å². The Labute approximate surface area is 251 Å². The number of fused-ring (bicyclic) bond motifs is 8. The monoisotopic (exact) mass is 546 g/mol. The van der Waals surface area contributed by atoms with Gasteiger partial charge in [-0.05, 0) is 93.7 Å². The summed E-state index contributed by atoms with van der Waals surface area (Å²) < 4.78 is 0. The highest BCUT2D eigenvalue weighted by atomic mass is 14.4. The first kappa shape index (κ1) is 24.4. The van der Waals surface area contributed by atoms with E-state index in [-0.39, 0.29) is 5.41 Å². The lowest BCUT2D eigenvalue weighted by atomic mass is 9.80. The smallest absolute Gasteiger partial charge is 0.0159 e. The molecule has 1 aliphatic carbocycles. The zero-order valence-corrected chi connectivity index (χ0v) is 24.4. The molecule has 0 amide bonds. The SMILES string of the molecule is CC1(C)c2ccccc2-c2ccc(-c3c4ccccc4c(-c4cccc5ccc6ccccc6c45)c4ccccc34)cc21. The third-order valence-corrected chi connectivity index (χ3v) is 9.84. The summed E-state index contributed by atoms with van der Waals surface area (Å²) in [6.07, 6.45) is 0. The zero-order valence-electron chi connectivity index (χ0n) is 24.4. The molecule has 1 aliphatic rings. The quantitative estimate of drug-likeness (QED) is 0.149. The third kappa shape index (κ3) is 3.38. The Kier molecular flexibility index (Phi) is 5.05. The highest BCUT2D eigenvalue weighted by Gasteiger charge is 2.35. The van der Waals surface area contributed by atoms with Gasteiger partial charge < -0.3 is 0 Å². The molecule has 0 saturated heterocycles. The summed E-state index contributed by atoms with van der Waals surface area (Å²) in [6, 6.07) is 54.2. The van der Waals surface area contributed by atoms with Gasteiger partial charge >= 0.3 is 0 Å². The minimum atomic E-state index is -0.0442. The second-order valence-corrected chi connectivity index (χ2v) is 12.5. The first-order valence-corrected chi connectivity index (χ1v) is 15.2. The van der Waals surface area contributed by atoms with Gasteiger partial charge in [-0.15, -0.1) is 0 Å². The van der Waals surface area contributed by atoms with E-state index in [9.17, 15) is 0 Å². The molecule has 202 valence electrons. The van der Waals surface area contributed by atoms with Crippen LogP contribution in [-0.2, 0) is 5.41 Å². The van der Waals surface area contributed by atoms with Crippen LogP contribution in [0.4, 0.5) is 0 Å². The van der Waals surface area contributed by atoms with Crippen LogP contribution in [0.2, 0.25) is 0 Å². The molecule has 0 aromatic heterocycles. The molecular weight excluding hydrogens is 516 g/mol. The van der Waals surface area contributed by atoms with Crippen molar-refractivity contribution >= 4 is 43.1 Å². The van der Waals surface area contributed by atoms with E-state index >= 15 is 0 Å². The average molecular weight is 547 g/mol. The van der Waals surface area contributed by atoms with E-state index < -0.39 is 0 Å². The van der Waals surface area contributed by atoms with Gasteiger partial charge in [-0.2, -0.15) is 0 Å². The van der Waals surface area contributed by atoms with Crippen LogP contribution in [0.25, 0.3) is 76.5 Å². The first-order chi connectivity index (χ1) is 21.1. The number of hydrogen-bond acceptors (Lipinski definition) is 0. The van der Waals surface area contributed by atoms with Gasteiger partial charge in [0.15, 0.2) is 0 Å². The molecule has 0 unspecified atom stereocenters. The fourth-order valence-corrected chi connectivity index (χ4v) is 7.86. The van der Waals surface area contributed by atoms with E-state index in [0.717, 1.165) is 0 Å². The summed E-state index contributed by atoms with van der Waals surface area (Å²) in [5.41, 5.74) is 10.7. The van der Waals surface area contributed by atoms with Crippen LogP contribution in [-0.4, -0.2) is 0 Å². The standard InChI is InChI=1S/C43H30/c1-43(2)38-21-10-9-15-31(38)32-25-24-29(26-39(32)43)41-33-16-5-7-18-35(33)42(36-19-8-6-17-34(36)41)37-20-11-13-28-23-22-27-12-3-4-14-30(27)40(28)37/h3-26H,1-2H3. The molecule has 9 rings (SSSR count). The molecule has 0 fully saturated rings.